The van der Waals surface area contributed by atoms with Crippen molar-refractivity contribution in [3.63, 3.8) is 0 Å². The van der Waals surface area contributed by atoms with Crippen molar-refractivity contribution in [3.05, 3.63) is 0 Å². The smallest absolute Gasteiger partial charge is 0.323 e. The number of nitrogens with zero attached hydrogens (tertiary/aromatic N) is 1. The highest BCUT2D eigenvalue weighted by molar-refractivity contribution is 6.18. The summed E-state index contributed by atoms with van der Waals surface area (Å²) in [6.07, 6.45) is 1.18. The molecule has 0 aromatic rings. The Balaban J connectivity index is 2.33. The minimum atomic E-state index is -0.790. The van der Waals surface area contributed by atoms with Crippen LogP contribution < -0.4 is 10.6 Å². The Hall–Kier alpha value is -0.810. The molecule has 2 fully saturated rings. The molecule has 0 saturated carbocycles. The van der Waals surface area contributed by atoms with Gasteiger partial charge in [-0.3, -0.25) is 9.69 Å². The zero-order valence-corrected chi connectivity index (χ0v) is 12.7. The van der Waals surface area contributed by atoms with Crippen LogP contribution in [-0.4, -0.2) is 45.9 Å². The first-order valence-electron chi connectivity index (χ1n) is 6.60. The van der Waals surface area contributed by atoms with Crippen LogP contribution in [0.15, 0.2) is 0 Å². The number of amides is 3. The molecule has 5 nitrogen and oxygen atoms in total. The molecule has 0 atom stereocenters. The maximum Gasteiger partial charge on any atom is 0.325 e. The Morgan fingerprint density at radius 2 is 1.68 bits per heavy atom. The van der Waals surface area contributed by atoms with Crippen LogP contribution in [0.25, 0.3) is 0 Å². The first-order valence-corrected chi connectivity index (χ1v) is 7.14. The number of rotatable bonds is 2. The lowest BCUT2D eigenvalue weighted by molar-refractivity contribution is -0.134. The number of piperidine rings is 1. The SMILES string of the molecule is CC1(C)CC2(CC(C)(C)N1)NC(=O)N(CCCl)C2=O. The van der Waals surface area contributed by atoms with E-state index in [1.807, 2.05) is 0 Å². The van der Waals surface area contributed by atoms with Crippen LogP contribution in [0, 0.1) is 0 Å². The summed E-state index contributed by atoms with van der Waals surface area (Å²) in [4.78, 5) is 25.8. The summed E-state index contributed by atoms with van der Waals surface area (Å²) in [5.74, 6) is 0.126. The van der Waals surface area contributed by atoms with Gasteiger partial charge in [0.1, 0.15) is 5.54 Å². The molecule has 3 amide bonds. The number of alkyl halides is 1. The molecular formula is C13H22ClN3O2. The molecule has 0 unspecified atom stereocenters. The van der Waals surface area contributed by atoms with Crippen molar-refractivity contribution in [1.29, 1.82) is 0 Å². The highest BCUT2D eigenvalue weighted by Crippen LogP contribution is 2.39. The molecule has 0 aliphatic carbocycles. The van der Waals surface area contributed by atoms with Crippen molar-refractivity contribution in [1.82, 2.24) is 15.5 Å². The van der Waals surface area contributed by atoms with Gasteiger partial charge in [-0.1, -0.05) is 0 Å². The molecule has 19 heavy (non-hydrogen) atoms. The van der Waals surface area contributed by atoms with Crippen LogP contribution in [0.2, 0.25) is 0 Å². The second kappa shape index (κ2) is 4.35. The molecule has 2 heterocycles. The van der Waals surface area contributed by atoms with Gasteiger partial charge in [-0.25, -0.2) is 4.79 Å². The molecule has 2 aliphatic heterocycles. The standard InChI is InChI=1S/C13H22ClN3O2/c1-11(2)7-13(8-12(3,4)16-11)9(18)17(6-5-14)10(19)15-13/h16H,5-8H2,1-4H3,(H,15,19). The molecule has 6 heteroatoms. The summed E-state index contributed by atoms with van der Waals surface area (Å²) in [7, 11) is 0. The van der Waals surface area contributed by atoms with Crippen molar-refractivity contribution >= 4 is 23.5 Å². The number of halogens is 1. The molecule has 0 bridgehead atoms. The number of urea groups is 1. The van der Waals surface area contributed by atoms with Crippen molar-refractivity contribution in [3.8, 4) is 0 Å². The topological polar surface area (TPSA) is 61.4 Å². The second-order valence-electron chi connectivity index (χ2n) is 6.90. The first-order chi connectivity index (χ1) is 8.61. The van der Waals surface area contributed by atoms with Crippen molar-refractivity contribution in [2.45, 2.75) is 57.2 Å². The van der Waals surface area contributed by atoms with Gasteiger partial charge < -0.3 is 10.6 Å². The first kappa shape index (κ1) is 14.6. The Kier molecular flexibility index (Phi) is 3.34. The predicted octanol–water partition coefficient (Wildman–Crippen LogP) is 1.46. The number of hydrogen-bond acceptors (Lipinski definition) is 3. The predicted molar refractivity (Wildman–Crippen MR) is 74.2 cm³/mol. The van der Waals surface area contributed by atoms with Crippen molar-refractivity contribution in [2.24, 2.45) is 0 Å². The average Bonchev–Trinajstić information content (AvgIpc) is 2.38. The minimum absolute atomic E-state index is 0.138. The average molecular weight is 288 g/mol. The van der Waals surface area contributed by atoms with E-state index in [2.05, 4.69) is 38.3 Å². The number of hydrogen-bond donors (Lipinski definition) is 2. The normalized spacial score (nSPS) is 27.7. The van der Waals surface area contributed by atoms with Crippen LogP contribution in [0.5, 0.6) is 0 Å². The Bertz CT molecular complexity index is 404. The van der Waals surface area contributed by atoms with Gasteiger partial charge >= 0.3 is 6.03 Å². The van der Waals surface area contributed by atoms with E-state index in [1.165, 1.54) is 4.90 Å². The largest absolute Gasteiger partial charge is 0.325 e. The van der Waals surface area contributed by atoms with E-state index in [0.717, 1.165) is 0 Å². The summed E-state index contributed by atoms with van der Waals surface area (Å²) >= 11 is 5.67. The van der Waals surface area contributed by atoms with Gasteiger partial charge in [0.2, 0.25) is 0 Å². The van der Waals surface area contributed by atoms with E-state index in [0.29, 0.717) is 12.8 Å². The molecular weight excluding hydrogens is 266 g/mol. The zero-order chi connectivity index (χ0) is 14.5. The highest BCUT2D eigenvalue weighted by Gasteiger charge is 2.58. The van der Waals surface area contributed by atoms with Crippen LogP contribution in [0.4, 0.5) is 4.79 Å². The summed E-state index contributed by atoms with van der Waals surface area (Å²) in [6, 6.07) is -0.320. The molecule has 108 valence electrons. The fraction of sp³-hybridized carbons (Fsp3) is 0.846. The van der Waals surface area contributed by atoms with E-state index in [4.69, 9.17) is 11.6 Å². The van der Waals surface area contributed by atoms with E-state index < -0.39 is 5.54 Å². The lowest BCUT2D eigenvalue weighted by Gasteiger charge is -2.50. The zero-order valence-electron chi connectivity index (χ0n) is 12.0. The number of carbonyl (C=O) groups excluding carboxylic acids is 2. The minimum Gasteiger partial charge on any atom is -0.323 e. The van der Waals surface area contributed by atoms with E-state index in [1.54, 1.807) is 0 Å². The molecule has 0 aromatic carbocycles. The third-order valence-corrected chi connectivity index (χ3v) is 3.89. The van der Waals surface area contributed by atoms with E-state index >= 15 is 0 Å². The molecule has 2 aliphatic rings. The van der Waals surface area contributed by atoms with Gasteiger partial charge in [-0.2, -0.15) is 0 Å². The van der Waals surface area contributed by atoms with Crippen molar-refractivity contribution < 1.29 is 9.59 Å². The van der Waals surface area contributed by atoms with Gasteiger partial charge in [0.15, 0.2) is 0 Å². The summed E-state index contributed by atoms with van der Waals surface area (Å²) in [5, 5.41) is 6.42. The molecule has 0 aromatic heterocycles. The third-order valence-electron chi connectivity index (χ3n) is 3.72. The highest BCUT2D eigenvalue weighted by atomic mass is 35.5. The van der Waals surface area contributed by atoms with Gasteiger partial charge in [0.05, 0.1) is 0 Å². The van der Waals surface area contributed by atoms with Crippen LogP contribution in [0.1, 0.15) is 40.5 Å². The second-order valence-corrected chi connectivity index (χ2v) is 7.28. The quantitative estimate of drug-likeness (QED) is 0.597. The lowest BCUT2D eigenvalue weighted by atomic mass is 9.71. The number of carbonyl (C=O) groups is 2. The summed E-state index contributed by atoms with van der Waals surface area (Å²) in [5.41, 5.74) is -1.20. The maximum atomic E-state index is 12.6. The third kappa shape index (κ3) is 2.58. The fourth-order valence-electron chi connectivity index (χ4n) is 3.78. The molecule has 0 radical (unpaired) electrons. The lowest BCUT2D eigenvalue weighted by Crippen LogP contribution is -2.68. The number of nitrogens with one attached hydrogen (secondary N) is 2. The maximum absolute atomic E-state index is 12.6. The van der Waals surface area contributed by atoms with E-state index in [9.17, 15) is 9.59 Å². The molecule has 2 rings (SSSR count). The van der Waals surface area contributed by atoms with Gasteiger partial charge in [-0.05, 0) is 40.5 Å². The van der Waals surface area contributed by atoms with Gasteiger partial charge in [0.25, 0.3) is 5.91 Å². The Labute approximate surface area is 119 Å². The Morgan fingerprint density at radius 1 is 1.16 bits per heavy atom. The van der Waals surface area contributed by atoms with Crippen LogP contribution in [-0.2, 0) is 4.79 Å². The molecule has 2 saturated heterocycles. The Morgan fingerprint density at radius 3 is 2.16 bits per heavy atom. The number of imide groups is 1. The fourth-order valence-corrected chi connectivity index (χ4v) is 3.95. The van der Waals surface area contributed by atoms with E-state index in [-0.39, 0.29) is 35.4 Å². The monoisotopic (exact) mass is 287 g/mol. The van der Waals surface area contributed by atoms with Crippen LogP contribution >= 0.6 is 11.6 Å². The van der Waals surface area contributed by atoms with Gasteiger partial charge in [-0.15, -0.1) is 11.6 Å². The van der Waals surface area contributed by atoms with Gasteiger partial charge in [0, 0.05) is 23.5 Å². The van der Waals surface area contributed by atoms with Crippen LogP contribution in [0.3, 0.4) is 0 Å². The molecule has 2 N–H and O–H groups in total. The summed E-state index contributed by atoms with van der Waals surface area (Å²) in [6.45, 7) is 8.49. The summed E-state index contributed by atoms with van der Waals surface area (Å²) < 4.78 is 0. The molecule has 1 spiro atoms. The van der Waals surface area contributed by atoms with Crippen molar-refractivity contribution in [2.75, 3.05) is 12.4 Å².